The molecule has 0 aromatic carbocycles. The summed E-state index contributed by atoms with van der Waals surface area (Å²) in [6.07, 6.45) is 1.80. The normalized spacial score (nSPS) is 18.4. The molecule has 0 spiro atoms. The maximum atomic E-state index is 11.4. The van der Waals surface area contributed by atoms with Crippen LogP contribution in [0.2, 0.25) is 0 Å². The van der Waals surface area contributed by atoms with Gasteiger partial charge in [-0.15, -0.1) is 0 Å². The van der Waals surface area contributed by atoms with Gasteiger partial charge < -0.3 is 10.2 Å². The number of nitrogens with one attached hydrogen (secondary N) is 1. The summed E-state index contributed by atoms with van der Waals surface area (Å²) in [5, 5.41) is 3.40. The Kier molecular flexibility index (Phi) is 4.99. The van der Waals surface area contributed by atoms with Crippen LogP contribution in [0.25, 0.3) is 0 Å². The van der Waals surface area contributed by atoms with E-state index in [1.165, 1.54) is 5.56 Å². The SMILES string of the molecule is CC(C)CNCc1ccnc(N2CCS(=O)(=O)CC2)c1. The Morgan fingerprint density at radius 2 is 2.05 bits per heavy atom. The van der Waals surface area contributed by atoms with Crippen LogP contribution >= 0.6 is 0 Å². The second-order valence-electron chi connectivity index (χ2n) is 5.69. The van der Waals surface area contributed by atoms with Crippen LogP contribution in [0.15, 0.2) is 18.3 Å². The highest BCUT2D eigenvalue weighted by atomic mass is 32.2. The molecule has 0 unspecified atom stereocenters. The third kappa shape index (κ3) is 4.45. The van der Waals surface area contributed by atoms with Gasteiger partial charge in [-0.3, -0.25) is 0 Å². The molecule has 1 aromatic rings. The highest BCUT2D eigenvalue weighted by Crippen LogP contribution is 2.16. The molecule has 5 nitrogen and oxygen atoms in total. The molecule has 6 heteroatoms. The van der Waals surface area contributed by atoms with Gasteiger partial charge in [-0.1, -0.05) is 13.8 Å². The van der Waals surface area contributed by atoms with E-state index < -0.39 is 9.84 Å². The Balaban J connectivity index is 1.96. The van der Waals surface area contributed by atoms with Crippen LogP contribution in [0, 0.1) is 5.92 Å². The maximum absolute atomic E-state index is 11.4. The highest BCUT2D eigenvalue weighted by Gasteiger charge is 2.22. The number of hydrogen-bond acceptors (Lipinski definition) is 5. The van der Waals surface area contributed by atoms with Crippen LogP contribution in [0.5, 0.6) is 0 Å². The number of pyridine rings is 1. The third-order valence-corrected chi connectivity index (χ3v) is 4.97. The van der Waals surface area contributed by atoms with Crippen molar-refractivity contribution in [1.29, 1.82) is 0 Å². The summed E-state index contributed by atoms with van der Waals surface area (Å²) < 4.78 is 22.9. The first-order valence-electron chi connectivity index (χ1n) is 7.07. The fourth-order valence-corrected chi connectivity index (χ4v) is 3.39. The van der Waals surface area contributed by atoms with Crippen molar-refractivity contribution in [3.05, 3.63) is 23.9 Å². The Morgan fingerprint density at radius 3 is 2.70 bits per heavy atom. The van der Waals surface area contributed by atoms with E-state index in [9.17, 15) is 8.42 Å². The van der Waals surface area contributed by atoms with Gasteiger partial charge in [0.15, 0.2) is 9.84 Å². The van der Waals surface area contributed by atoms with Crippen molar-refractivity contribution in [2.24, 2.45) is 5.92 Å². The molecular weight excluding hydrogens is 274 g/mol. The molecule has 0 bridgehead atoms. The molecule has 0 saturated carbocycles. The molecule has 1 aliphatic rings. The Bertz CT molecular complexity index is 529. The van der Waals surface area contributed by atoms with Crippen molar-refractivity contribution in [2.45, 2.75) is 20.4 Å². The van der Waals surface area contributed by atoms with Crippen molar-refractivity contribution < 1.29 is 8.42 Å². The first-order valence-corrected chi connectivity index (χ1v) is 8.89. The summed E-state index contributed by atoms with van der Waals surface area (Å²) in [5.41, 5.74) is 1.18. The van der Waals surface area contributed by atoms with Crippen LogP contribution in [0.1, 0.15) is 19.4 Å². The second kappa shape index (κ2) is 6.54. The molecule has 0 atom stereocenters. The van der Waals surface area contributed by atoms with Gasteiger partial charge in [-0.05, 0) is 30.2 Å². The molecule has 2 rings (SSSR count). The van der Waals surface area contributed by atoms with E-state index in [-0.39, 0.29) is 11.5 Å². The second-order valence-corrected chi connectivity index (χ2v) is 7.99. The van der Waals surface area contributed by atoms with E-state index in [0.29, 0.717) is 19.0 Å². The standard InChI is InChI=1S/C14H23N3O2S/c1-12(2)10-15-11-13-3-4-16-14(9-13)17-5-7-20(18,19)8-6-17/h3-4,9,12,15H,5-8,10-11H2,1-2H3. The van der Waals surface area contributed by atoms with Crippen LogP contribution in [0.4, 0.5) is 5.82 Å². The minimum Gasteiger partial charge on any atom is -0.355 e. The molecule has 0 radical (unpaired) electrons. The highest BCUT2D eigenvalue weighted by molar-refractivity contribution is 7.91. The quantitative estimate of drug-likeness (QED) is 0.880. The summed E-state index contributed by atoms with van der Waals surface area (Å²) in [4.78, 5) is 6.41. The van der Waals surface area contributed by atoms with Crippen LogP contribution in [-0.2, 0) is 16.4 Å². The lowest BCUT2D eigenvalue weighted by Gasteiger charge is -2.27. The summed E-state index contributed by atoms with van der Waals surface area (Å²) in [7, 11) is -2.84. The number of rotatable bonds is 5. The van der Waals surface area contributed by atoms with Crippen molar-refractivity contribution in [3.63, 3.8) is 0 Å². The fraction of sp³-hybridized carbons (Fsp3) is 0.643. The van der Waals surface area contributed by atoms with Gasteiger partial charge >= 0.3 is 0 Å². The predicted molar refractivity (Wildman–Crippen MR) is 81.6 cm³/mol. The van der Waals surface area contributed by atoms with Gasteiger partial charge in [0.2, 0.25) is 0 Å². The largest absolute Gasteiger partial charge is 0.355 e. The van der Waals surface area contributed by atoms with Gasteiger partial charge in [0.25, 0.3) is 0 Å². The summed E-state index contributed by atoms with van der Waals surface area (Å²) in [6, 6.07) is 4.04. The number of nitrogens with zero attached hydrogens (tertiary/aromatic N) is 2. The zero-order chi connectivity index (χ0) is 14.6. The molecule has 1 N–H and O–H groups in total. The minimum atomic E-state index is -2.84. The van der Waals surface area contributed by atoms with E-state index in [2.05, 4.69) is 24.1 Å². The zero-order valence-corrected chi connectivity index (χ0v) is 13.0. The van der Waals surface area contributed by atoms with Crippen LogP contribution < -0.4 is 10.2 Å². The van der Waals surface area contributed by atoms with Gasteiger partial charge in [0.05, 0.1) is 11.5 Å². The van der Waals surface area contributed by atoms with Crippen LogP contribution in [-0.4, -0.2) is 44.5 Å². The smallest absolute Gasteiger partial charge is 0.153 e. The van der Waals surface area contributed by atoms with E-state index in [1.54, 1.807) is 6.20 Å². The average Bonchev–Trinajstić information content (AvgIpc) is 2.38. The topological polar surface area (TPSA) is 62.3 Å². The average molecular weight is 297 g/mol. The number of hydrogen-bond donors (Lipinski definition) is 1. The minimum absolute atomic E-state index is 0.227. The molecule has 1 aliphatic heterocycles. The van der Waals surface area contributed by atoms with Gasteiger partial charge in [0, 0.05) is 25.8 Å². The van der Waals surface area contributed by atoms with Crippen molar-refractivity contribution in [3.8, 4) is 0 Å². The lowest BCUT2D eigenvalue weighted by atomic mass is 10.2. The first kappa shape index (κ1) is 15.3. The van der Waals surface area contributed by atoms with E-state index in [0.717, 1.165) is 18.9 Å². The van der Waals surface area contributed by atoms with Gasteiger partial charge in [-0.25, -0.2) is 13.4 Å². The van der Waals surface area contributed by atoms with Crippen molar-refractivity contribution in [2.75, 3.05) is 36.0 Å². The molecule has 1 saturated heterocycles. The van der Waals surface area contributed by atoms with Gasteiger partial charge in [-0.2, -0.15) is 0 Å². The lowest BCUT2D eigenvalue weighted by Crippen LogP contribution is -2.40. The molecule has 0 aliphatic carbocycles. The molecule has 2 heterocycles. The lowest BCUT2D eigenvalue weighted by molar-refractivity contribution is 0.552. The number of aromatic nitrogens is 1. The molecule has 20 heavy (non-hydrogen) atoms. The Morgan fingerprint density at radius 1 is 1.35 bits per heavy atom. The molecule has 0 amide bonds. The summed E-state index contributed by atoms with van der Waals surface area (Å²) in [6.45, 7) is 7.24. The number of sulfone groups is 1. The van der Waals surface area contributed by atoms with E-state index in [4.69, 9.17) is 0 Å². The molecule has 112 valence electrons. The van der Waals surface area contributed by atoms with Gasteiger partial charge in [0.1, 0.15) is 5.82 Å². The van der Waals surface area contributed by atoms with Crippen molar-refractivity contribution in [1.82, 2.24) is 10.3 Å². The Hall–Kier alpha value is -1.14. The van der Waals surface area contributed by atoms with E-state index in [1.807, 2.05) is 17.0 Å². The molecule has 1 fully saturated rings. The van der Waals surface area contributed by atoms with Crippen molar-refractivity contribution >= 4 is 15.7 Å². The summed E-state index contributed by atoms with van der Waals surface area (Å²) in [5.74, 6) is 1.96. The molecular formula is C14H23N3O2S. The third-order valence-electron chi connectivity index (χ3n) is 3.36. The van der Waals surface area contributed by atoms with E-state index >= 15 is 0 Å². The maximum Gasteiger partial charge on any atom is 0.153 e. The Labute approximate surface area is 121 Å². The monoisotopic (exact) mass is 297 g/mol. The zero-order valence-electron chi connectivity index (χ0n) is 12.2. The summed E-state index contributed by atoms with van der Waals surface area (Å²) >= 11 is 0. The predicted octanol–water partition coefficient (Wildman–Crippen LogP) is 1.06. The fourth-order valence-electron chi connectivity index (χ4n) is 2.19. The first-order chi connectivity index (χ1) is 9.46. The van der Waals surface area contributed by atoms with Crippen LogP contribution in [0.3, 0.4) is 0 Å². The molecule has 1 aromatic heterocycles. The number of anilines is 1.